The van der Waals surface area contributed by atoms with E-state index in [0.29, 0.717) is 5.75 Å². The Morgan fingerprint density at radius 3 is 2.39 bits per heavy atom. The molecule has 2 N–H and O–H groups in total. The van der Waals surface area contributed by atoms with Crippen molar-refractivity contribution in [2.45, 2.75) is 45.3 Å². The molecule has 1 aliphatic heterocycles. The zero-order chi connectivity index (χ0) is 22.2. The fraction of sp³-hybridized carbons (Fsp3) is 0.417. The number of carbonyl (C=O) groups excluding carboxylic acids is 2. The van der Waals surface area contributed by atoms with Gasteiger partial charge in [-0.2, -0.15) is 0 Å². The molecular weight excluding hydrogens is 394 g/mol. The molecule has 0 radical (unpaired) electrons. The van der Waals surface area contributed by atoms with Gasteiger partial charge in [-0.25, -0.2) is 0 Å². The van der Waals surface area contributed by atoms with Gasteiger partial charge in [-0.05, 0) is 69.2 Å². The highest BCUT2D eigenvalue weighted by Gasteiger charge is 2.19. The SMILES string of the molecule is COc1ccc(OC(C)C(=O)NC(C)CC(=O)Nc2cccc(N3CCCC3)c2)cc1. The van der Waals surface area contributed by atoms with Gasteiger partial charge in [0.15, 0.2) is 6.10 Å². The van der Waals surface area contributed by atoms with Crippen LogP contribution in [0.15, 0.2) is 48.5 Å². The van der Waals surface area contributed by atoms with Gasteiger partial charge < -0.3 is 25.0 Å². The summed E-state index contributed by atoms with van der Waals surface area (Å²) in [6.07, 6.45) is 1.90. The first kappa shape index (κ1) is 22.5. The van der Waals surface area contributed by atoms with E-state index < -0.39 is 6.10 Å². The molecule has 1 heterocycles. The molecule has 7 heteroatoms. The summed E-state index contributed by atoms with van der Waals surface area (Å²) in [5, 5.41) is 5.77. The van der Waals surface area contributed by atoms with Crippen molar-refractivity contribution in [1.82, 2.24) is 5.32 Å². The molecule has 2 amide bonds. The van der Waals surface area contributed by atoms with Gasteiger partial charge in [-0.3, -0.25) is 9.59 Å². The highest BCUT2D eigenvalue weighted by Crippen LogP contribution is 2.23. The Kier molecular flexibility index (Phi) is 7.76. The van der Waals surface area contributed by atoms with Gasteiger partial charge in [-0.1, -0.05) is 6.07 Å². The molecule has 0 bridgehead atoms. The Morgan fingerprint density at radius 2 is 1.71 bits per heavy atom. The maximum Gasteiger partial charge on any atom is 0.260 e. The van der Waals surface area contributed by atoms with E-state index in [-0.39, 0.29) is 24.3 Å². The largest absolute Gasteiger partial charge is 0.497 e. The molecule has 166 valence electrons. The Morgan fingerprint density at radius 1 is 1.03 bits per heavy atom. The quantitative estimate of drug-likeness (QED) is 0.642. The lowest BCUT2D eigenvalue weighted by Gasteiger charge is -2.20. The molecule has 1 aliphatic rings. The van der Waals surface area contributed by atoms with Crippen molar-refractivity contribution in [2.75, 3.05) is 30.4 Å². The number of anilines is 2. The van der Waals surface area contributed by atoms with E-state index in [4.69, 9.17) is 9.47 Å². The number of hydrogen-bond acceptors (Lipinski definition) is 5. The molecule has 0 saturated carbocycles. The van der Waals surface area contributed by atoms with Gasteiger partial charge in [0, 0.05) is 36.9 Å². The Balaban J connectivity index is 1.45. The number of nitrogens with one attached hydrogen (secondary N) is 2. The fourth-order valence-corrected chi connectivity index (χ4v) is 3.57. The fourth-order valence-electron chi connectivity index (χ4n) is 3.57. The summed E-state index contributed by atoms with van der Waals surface area (Å²) < 4.78 is 10.8. The summed E-state index contributed by atoms with van der Waals surface area (Å²) in [5.74, 6) is 0.879. The molecule has 2 unspecified atom stereocenters. The monoisotopic (exact) mass is 425 g/mol. The molecule has 2 aromatic carbocycles. The van der Waals surface area contributed by atoms with E-state index in [2.05, 4.69) is 21.6 Å². The van der Waals surface area contributed by atoms with Crippen molar-refractivity contribution in [3.8, 4) is 11.5 Å². The Labute approximate surface area is 183 Å². The molecule has 2 aromatic rings. The van der Waals surface area contributed by atoms with Crippen molar-refractivity contribution in [3.05, 3.63) is 48.5 Å². The topological polar surface area (TPSA) is 79.9 Å². The van der Waals surface area contributed by atoms with Crippen molar-refractivity contribution >= 4 is 23.2 Å². The second kappa shape index (κ2) is 10.7. The average molecular weight is 426 g/mol. The summed E-state index contributed by atoms with van der Waals surface area (Å²) in [6.45, 7) is 5.59. The Hall–Kier alpha value is -3.22. The lowest BCUT2D eigenvalue weighted by molar-refractivity contribution is -0.128. The molecule has 3 rings (SSSR count). The number of amides is 2. The number of carbonyl (C=O) groups is 2. The molecule has 0 aromatic heterocycles. The second-order valence-electron chi connectivity index (χ2n) is 7.84. The van der Waals surface area contributed by atoms with Crippen LogP contribution in [0.3, 0.4) is 0 Å². The molecule has 1 fully saturated rings. The van der Waals surface area contributed by atoms with Gasteiger partial charge in [0.25, 0.3) is 5.91 Å². The second-order valence-corrected chi connectivity index (χ2v) is 7.84. The summed E-state index contributed by atoms with van der Waals surface area (Å²) in [4.78, 5) is 27.2. The number of ether oxygens (including phenoxy) is 2. The van der Waals surface area contributed by atoms with E-state index in [9.17, 15) is 9.59 Å². The number of benzene rings is 2. The highest BCUT2D eigenvalue weighted by molar-refractivity contribution is 5.92. The van der Waals surface area contributed by atoms with E-state index >= 15 is 0 Å². The van der Waals surface area contributed by atoms with E-state index in [1.807, 2.05) is 18.2 Å². The summed E-state index contributed by atoms with van der Waals surface area (Å²) in [5.41, 5.74) is 1.89. The van der Waals surface area contributed by atoms with Crippen LogP contribution in [0.2, 0.25) is 0 Å². The molecule has 2 atom stereocenters. The van der Waals surface area contributed by atoms with E-state index in [1.165, 1.54) is 12.8 Å². The minimum atomic E-state index is -0.684. The number of hydrogen-bond donors (Lipinski definition) is 2. The van der Waals surface area contributed by atoms with Crippen LogP contribution in [0.4, 0.5) is 11.4 Å². The number of nitrogens with zero attached hydrogens (tertiary/aromatic N) is 1. The first-order valence-electron chi connectivity index (χ1n) is 10.7. The minimum Gasteiger partial charge on any atom is -0.497 e. The zero-order valence-electron chi connectivity index (χ0n) is 18.4. The van der Waals surface area contributed by atoms with Crippen molar-refractivity contribution in [3.63, 3.8) is 0 Å². The first-order valence-corrected chi connectivity index (χ1v) is 10.7. The van der Waals surface area contributed by atoms with Crippen LogP contribution in [-0.2, 0) is 9.59 Å². The van der Waals surface area contributed by atoms with Crippen LogP contribution in [0.25, 0.3) is 0 Å². The molecule has 7 nitrogen and oxygen atoms in total. The van der Waals surface area contributed by atoms with Gasteiger partial charge in [0.05, 0.1) is 7.11 Å². The van der Waals surface area contributed by atoms with Gasteiger partial charge in [-0.15, -0.1) is 0 Å². The van der Waals surface area contributed by atoms with E-state index in [1.54, 1.807) is 45.2 Å². The maximum absolute atomic E-state index is 12.4. The summed E-state index contributed by atoms with van der Waals surface area (Å²) in [7, 11) is 1.59. The predicted octanol–water partition coefficient (Wildman–Crippen LogP) is 3.60. The van der Waals surface area contributed by atoms with Gasteiger partial charge >= 0.3 is 0 Å². The molecule has 31 heavy (non-hydrogen) atoms. The molecule has 0 aliphatic carbocycles. The van der Waals surface area contributed by atoms with Crippen molar-refractivity contribution in [2.24, 2.45) is 0 Å². The number of methoxy groups -OCH3 is 1. The van der Waals surface area contributed by atoms with Crippen LogP contribution < -0.4 is 25.0 Å². The number of rotatable bonds is 9. The first-order chi connectivity index (χ1) is 14.9. The molecule has 0 spiro atoms. The van der Waals surface area contributed by atoms with E-state index in [0.717, 1.165) is 30.2 Å². The standard InChI is InChI=1S/C24H31N3O4/c1-17(25-24(29)18(2)31-22-11-9-21(30-3)10-12-22)15-23(28)26-19-7-6-8-20(16-19)27-13-4-5-14-27/h6-12,16-18H,4-5,13-15H2,1-3H3,(H,25,29)(H,26,28). The zero-order valence-corrected chi connectivity index (χ0v) is 18.4. The van der Waals surface area contributed by atoms with Crippen molar-refractivity contribution in [1.29, 1.82) is 0 Å². The normalized spacial score (nSPS) is 15.1. The maximum atomic E-state index is 12.4. The summed E-state index contributed by atoms with van der Waals surface area (Å²) in [6, 6.07) is 14.6. The summed E-state index contributed by atoms with van der Waals surface area (Å²) >= 11 is 0. The Bertz CT molecular complexity index is 879. The van der Waals surface area contributed by atoms with Crippen LogP contribution in [-0.4, -0.2) is 44.2 Å². The van der Waals surface area contributed by atoms with Crippen LogP contribution in [0.1, 0.15) is 33.1 Å². The third-order valence-electron chi connectivity index (χ3n) is 5.22. The average Bonchev–Trinajstić information content (AvgIpc) is 3.29. The van der Waals surface area contributed by atoms with Crippen molar-refractivity contribution < 1.29 is 19.1 Å². The third kappa shape index (κ3) is 6.64. The van der Waals surface area contributed by atoms with Crippen LogP contribution in [0.5, 0.6) is 11.5 Å². The minimum absolute atomic E-state index is 0.143. The van der Waals surface area contributed by atoms with Gasteiger partial charge in [0.2, 0.25) is 5.91 Å². The lowest BCUT2D eigenvalue weighted by Crippen LogP contribution is -2.42. The highest BCUT2D eigenvalue weighted by atomic mass is 16.5. The smallest absolute Gasteiger partial charge is 0.260 e. The van der Waals surface area contributed by atoms with Gasteiger partial charge in [0.1, 0.15) is 11.5 Å². The van der Waals surface area contributed by atoms with Crippen LogP contribution in [0, 0.1) is 0 Å². The third-order valence-corrected chi connectivity index (χ3v) is 5.22. The molecule has 1 saturated heterocycles. The molecular formula is C24H31N3O4. The lowest BCUT2D eigenvalue weighted by atomic mass is 10.2. The van der Waals surface area contributed by atoms with Crippen LogP contribution >= 0.6 is 0 Å². The predicted molar refractivity (Wildman–Crippen MR) is 122 cm³/mol.